The van der Waals surface area contributed by atoms with Gasteiger partial charge in [-0.25, -0.2) is 12.7 Å². The average Bonchev–Trinajstić information content (AvgIpc) is 3.56. The zero-order valence-corrected chi connectivity index (χ0v) is 22.9. The first-order chi connectivity index (χ1) is 17.9. The average molecular weight is 545 g/mol. The number of fused-ring (bicyclic) bond motifs is 1. The minimum Gasteiger partial charge on any atom is -0.381 e. The number of benzene rings is 1. The zero-order chi connectivity index (χ0) is 26.0. The largest absolute Gasteiger partial charge is 0.381 e. The van der Waals surface area contributed by atoms with Crippen molar-refractivity contribution in [2.45, 2.75) is 45.1 Å². The number of hydrogen-bond acceptors (Lipinski definition) is 6. The molecule has 4 heterocycles. The number of carbonyl (C=O) groups excluding carboxylic acids is 1. The standard InChI is InChI=1S/C27H36N4O4S2/c1-2-37(33,34)31-7-3-19(4-8-31)25-16-30-26-23(25)12-20(13-24(26)27(28)32)21-11-22(36-17-21)15-29-14-18-5-9-35-10-6-18/h11-13,16-19,29-30H,2-10,14-15H2,1H3,(H2,28,32). The Hall–Kier alpha value is -2.24. The number of thiophene rings is 1. The second kappa shape index (κ2) is 11.2. The van der Waals surface area contributed by atoms with Gasteiger partial charge in [-0.1, -0.05) is 0 Å². The van der Waals surface area contributed by atoms with Gasteiger partial charge in [0, 0.05) is 49.3 Å². The zero-order valence-electron chi connectivity index (χ0n) is 21.3. The Bertz CT molecular complexity index is 1350. The van der Waals surface area contributed by atoms with Crippen LogP contribution in [0.25, 0.3) is 22.0 Å². The molecule has 2 aromatic heterocycles. The van der Waals surface area contributed by atoms with E-state index < -0.39 is 15.9 Å². The van der Waals surface area contributed by atoms with Crippen molar-refractivity contribution in [2.24, 2.45) is 11.7 Å². The first kappa shape index (κ1) is 26.4. The number of nitrogens with two attached hydrogens (primary N) is 1. The molecule has 37 heavy (non-hydrogen) atoms. The van der Waals surface area contributed by atoms with E-state index in [0.717, 1.165) is 79.6 Å². The Kier molecular flexibility index (Phi) is 8.02. The molecule has 0 unspecified atom stereocenters. The second-order valence-electron chi connectivity index (χ2n) is 10.1. The number of aromatic nitrogens is 1. The summed E-state index contributed by atoms with van der Waals surface area (Å²) < 4.78 is 31.6. The molecule has 200 valence electrons. The lowest BCUT2D eigenvalue weighted by molar-refractivity contribution is 0.0662. The molecular weight excluding hydrogens is 508 g/mol. The highest BCUT2D eigenvalue weighted by Gasteiger charge is 2.29. The van der Waals surface area contributed by atoms with Crippen LogP contribution in [-0.2, 0) is 21.3 Å². The van der Waals surface area contributed by atoms with Gasteiger partial charge in [-0.05, 0) is 91.3 Å². The monoisotopic (exact) mass is 544 g/mol. The van der Waals surface area contributed by atoms with Crippen LogP contribution in [0.1, 0.15) is 59.3 Å². The maximum Gasteiger partial charge on any atom is 0.250 e. The molecule has 0 radical (unpaired) electrons. The predicted octanol–water partition coefficient (Wildman–Crippen LogP) is 4.04. The fraction of sp³-hybridized carbons (Fsp3) is 0.519. The van der Waals surface area contributed by atoms with Crippen LogP contribution in [0.3, 0.4) is 0 Å². The number of H-pyrrole nitrogens is 1. The summed E-state index contributed by atoms with van der Waals surface area (Å²) in [6.07, 6.45) is 5.71. The number of sulfonamides is 1. The van der Waals surface area contributed by atoms with Crippen LogP contribution in [0.4, 0.5) is 0 Å². The van der Waals surface area contributed by atoms with Gasteiger partial charge in [0.05, 0.1) is 16.8 Å². The first-order valence-corrected chi connectivity index (χ1v) is 15.6. The van der Waals surface area contributed by atoms with Crippen molar-refractivity contribution < 1.29 is 17.9 Å². The molecule has 0 aliphatic carbocycles. The van der Waals surface area contributed by atoms with Gasteiger partial charge < -0.3 is 20.8 Å². The summed E-state index contributed by atoms with van der Waals surface area (Å²) in [7, 11) is -3.17. The molecule has 0 saturated carbocycles. The van der Waals surface area contributed by atoms with Gasteiger partial charge in [-0.2, -0.15) is 0 Å². The molecule has 2 saturated heterocycles. The number of rotatable bonds is 9. The van der Waals surface area contributed by atoms with E-state index in [0.29, 0.717) is 24.6 Å². The van der Waals surface area contributed by atoms with Gasteiger partial charge >= 0.3 is 0 Å². The van der Waals surface area contributed by atoms with E-state index in [-0.39, 0.29) is 11.7 Å². The topological polar surface area (TPSA) is 118 Å². The van der Waals surface area contributed by atoms with E-state index in [1.165, 1.54) is 4.88 Å². The highest BCUT2D eigenvalue weighted by molar-refractivity contribution is 7.89. The quantitative estimate of drug-likeness (QED) is 0.376. The van der Waals surface area contributed by atoms with Crippen molar-refractivity contribution >= 4 is 38.2 Å². The fourth-order valence-electron chi connectivity index (χ4n) is 5.55. The van der Waals surface area contributed by atoms with Crippen LogP contribution in [0.5, 0.6) is 0 Å². The lowest BCUT2D eigenvalue weighted by Gasteiger charge is -2.31. The molecule has 0 spiro atoms. The highest BCUT2D eigenvalue weighted by Crippen LogP contribution is 2.38. The van der Waals surface area contributed by atoms with Crippen molar-refractivity contribution in [3.05, 3.63) is 45.8 Å². The number of hydrogen-bond donors (Lipinski definition) is 3. The highest BCUT2D eigenvalue weighted by atomic mass is 32.2. The number of nitrogens with zero attached hydrogens (tertiary/aromatic N) is 1. The maximum absolute atomic E-state index is 12.4. The van der Waals surface area contributed by atoms with Crippen molar-refractivity contribution in [1.29, 1.82) is 0 Å². The summed E-state index contributed by atoms with van der Waals surface area (Å²) in [5, 5.41) is 6.72. The molecular formula is C27H36N4O4S2. The predicted molar refractivity (Wildman–Crippen MR) is 148 cm³/mol. The van der Waals surface area contributed by atoms with Crippen LogP contribution in [0.15, 0.2) is 29.8 Å². The summed E-state index contributed by atoms with van der Waals surface area (Å²) in [6.45, 7) is 6.26. The number of piperidine rings is 1. The summed E-state index contributed by atoms with van der Waals surface area (Å²) in [6, 6.07) is 6.21. The number of ether oxygens (including phenoxy) is 1. The van der Waals surface area contributed by atoms with Crippen LogP contribution in [0.2, 0.25) is 0 Å². The van der Waals surface area contributed by atoms with Crippen LogP contribution < -0.4 is 11.1 Å². The molecule has 4 N–H and O–H groups in total. The van der Waals surface area contributed by atoms with Crippen molar-refractivity contribution in [2.75, 3.05) is 38.6 Å². The summed E-state index contributed by atoms with van der Waals surface area (Å²) in [5.41, 5.74) is 10.2. The SMILES string of the molecule is CCS(=O)(=O)N1CCC(c2c[nH]c3c(C(N)=O)cc(-c4csc(CNCC5CCOCC5)c4)cc23)CC1. The van der Waals surface area contributed by atoms with E-state index in [4.69, 9.17) is 10.5 Å². The minimum absolute atomic E-state index is 0.129. The molecule has 2 fully saturated rings. The molecule has 1 amide bonds. The summed E-state index contributed by atoms with van der Waals surface area (Å²) in [4.78, 5) is 16.9. The minimum atomic E-state index is -3.17. The van der Waals surface area contributed by atoms with Gasteiger partial charge in [0.25, 0.3) is 5.91 Å². The van der Waals surface area contributed by atoms with Crippen LogP contribution >= 0.6 is 11.3 Å². The van der Waals surface area contributed by atoms with Crippen LogP contribution in [0, 0.1) is 5.92 Å². The fourth-order valence-corrected chi connectivity index (χ4v) is 7.55. The number of nitrogens with one attached hydrogen (secondary N) is 2. The molecule has 3 aromatic rings. The molecule has 8 nitrogen and oxygen atoms in total. The van der Waals surface area contributed by atoms with Crippen LogP contribution in [-0.4, -0.2) is 62.2 Å². The molecule has 2 aliphatic rings. The normalized spacial score (nSPS) is 18.5. The molecule has 2 aliphatic heterocycles. The Labute approximate surface area is 222 Å². The number of primary amides is 1. The van der Waals surface area contributed by atoms with E-state index in [1.54, 1.807) is 22.6 Å². The molecule has 10 heteroatoms. The third-order valence-electron chi connectivity index (χ3n) is 7.80. The number of amides is 1. The lowest BCUT2D eigenvalue weighted by atomic mass is 9.88. The Balaban J connectivity index is 1.35. The third kappa shape index (κ3) is 5.78. The number of aromatic amines is 1. The first-order valence-electron chi connectivity index (χ1n) is 13.1. The van der Waals surface area contributed by atoms with E-state index >= 15 is 0 Å². The molecule has 0 atom stereocenters. The van der Waals surface area contributed by atoms with Gasteiger partial charge in [0.1, 0.15) is 0 Å². The second-order valence-corrected chi connectivity index (χ2v) is 13.4. The molecule has 0 bridgehead atoms. The van der Waals surface area contributed by atoms with E-state index in [2.05, 4.69) is 27.8 Å². The Morgan fingerprint density at radius 1 is 1.16 bits per heavy atom. The number of carbonyl (C=O) groups is 1. The van der Waals surface area contributed by atoms with Crippen molar-refractivity contribution in [1.82, 2.24) is 14.6 Å². The Morgan fingerprint density at radius 3 is 2.62 bits per heavy atom. The van der Waals surface area contributed by atoms with E-state index in [9.17, 15) is 13.2 Å². The van der Waals surface area contributed by atoms with Gasteiger partial charge in [0.15, 0.2) is 0 Å². The summed E-state index contributed by atoms with van der Waals surface area (Å²) in [5.74, 6) is 0.567. The smallest absolute Gasteiger partial charge is 0.250 e. The van der Waals surface area contributed by atoms with Gasteiger partial charge in [-0.3, -0.25) is 4.79 Å². The molecule has 5 rings (SSSR count). The van der Waals surface area contributed by atoms with Crippen molar-refractivity contribution in [3.63, 3.8) is 0 Å². The van der Waals surface area contributed by atoms with Crippen molar-refractivity contribution in [3.8, 4) is 11.1 Å². The van der Waals surface area contributed by atoms with E-state index in [1.807, 2.05) is 12.3 Å². The summed E-state index contributed by atoms with van der Waals surface area (Å²) >= 11 is 1.72. The molecule has 1 aromatic carbocycles. The van der Waals surface area contributed by atoms with Gasteiger partial charge in [0.2, 0.25) is 10.0 Å². The Morgan fingerprint density at radius 2 is 1.92 bits per heavy atom. The third-order valence-corrected chi connectivity index (χ3v) is 10.6. The van der Waals surface area contributed by atoms with Gasteiger partial charge in [-0.15, -0.1) is 11.3 Å². The maximum atomic E-state index is 12.4. The lowest BCUT2D eigenvalue weighted by Crippen LogP contribution is -2.38.